The van der Waals surface area contributed by atoms with Gasteiger partial charge in [-0.3, -0.25) is 19.3 Å². The third-order valence-corrected chi connectivity index (χ3v) is 5.83. The molecule has 1 N–H and O–H groups in total. The van der Waals surface area contributed by atoms with Crippen LogP contribution < -0.4 is 19.5 Å². The lowest BCUT2D eigenvalue weighted by Crippen LogP contribution is -2.36. The van der Waals surface area contributed by atoms with Crippen LogP contribution in [0.25, 0.3) is 6.08 Å². The first-order valence-corrected chi connectivity index (χ1v) is 11.0. The maximum atomic E-state index is 12.7. The number of amides is 3. The molecule has 2 aliphatic heterocycles. The molecule has 2 aliphatic rings. The second-order valence-corrected chi connectivity index (χ2v) is 8.28. The molecule has 0 aliphatic carbocycles. The SMILES string of the molecule is CC[C@H](C)Oc1ccc(/C=C2\SC(=O)N(CC(=O)Nc3ccc4c(c3)OCO4)C2=O)cc1. The first kappa shape index (κ1) is 21.8. The van der Waals surface area contributed by atoms with Gasteiger partial charge >= 0.3 is 0 Å². The highest BCUT2D eigenvalue weighted by Crippen LogP contribution is 2.35. The number of nitrogens with zero attached hydrogens (tertiary/aromatic N) is 1. The molecule has 4 rings (SSSR count). The van der Waals surface area contributed by atoms with E-state index >= 15 is 0 Å². The minimum absolute atomic E-state index is 0.112. The van der Waals surface area contributed by atoms with Crippen LogP contribution in [0.5, 0.6) is 17.2 Å². The standard InChI is InChI=1S/C23H22N2O6S/c1-3-14(2)31-17-7-4-15(5-8-17)10-20-22(27)25(23(28)32-20)12-21(26)24-16-6-9-18-19(11-16)30-13-29-18/h4-11,14H,3,12-13H2,1-2H3,(H,24,26)/b20-10-/t14-/m0/s1. The van der Waals surface area contributed by atoms with E-state index in [-0.39, 0.29) is 24.3 Å². The number of nitrogens with one attached hydrogen (secondary N) is 1. The van der Waals surface area contributed by atoms with E-state index in [0.717, 1.165) is 34.4 Å². The Hall–Kier alpha value is -3.46. The highest BCUT2D eigenvalue weighted by atomic mass is 32.2. The van der Waals surface area contributed by atoms with E-state index in [1.807, 2.05) is 38.1 Å². The van der Waals surface area contributed by atoms with Gasteiger partial charge in [0.05, 0.1) is 11.0 Å². The maximum Gasteiger partial charge on any atom is 0.294 e. The molecule has 0 bridgehead atoms. The van der Waals surface area contributed by atoms with Gasteiger partial charge < -0.3 is 19.5 Å². The molecule has 1 atom stereocenters. The van der Waals surface area contributed by atoms with Crippen molar-refractivity contribution >= 4 is 40.6 Å². The number of hydrogen-bond donors (Lipinski definition) is 1. The molecular formula is C23H22N2O6S. The monoisotopic (exact) mass is 454 g/mol. The first-order valence-electron chi connectivity index (χ1n) is 10.1. The molecule has 2 aromatic carbocycles. The first-order chi connectivity index (χ1) is 15.4. The van der Waals surface area contributed by atoms with Crippen molar-refractivity contribution in [3.63, 3.8) is 0 Å². The van der Waals surface area contributed by atoms with E-state index in [1.165, 1.54) is 0 Å². The average Bonchev–Trinajstić information content (AvgIpc) is 3.34. The van der Waals surface area contributed by atoms with Crippen LogP contribution in [0.4, 0.5) is 10.5 Å². The molecule has 32 heavy (non-hydrogen) atoms. The van der Waals surface area contributed by atoms with Crippen LogP contribution in [0, 0.1) is 0 Å². The molecule has 0 unspecified atom stereocenters. The fourth-order valence-corrected chi connectivity index (χ4v) is 3.90. The molecule has 2 aromatic rings. The van der Waals surface area contributed by atoms with Gasteiger partial charge in [-0.15, -0.1) is 0 Å². The summed E-state index contributed by atoms with van der Waals surface area (Å²) in [5.41, 5.74) is 1.25. The van der Waals surface area contributed by atoms with Crippen LogP contribution in [-0.4, -0.2) is 41.4 Å². The van der Waals surface area contributed by atoms with Gasteiger partial charge in [-0.2, -0.15) is 0 Å². The maximum absolute atomic E-state index is 12.7. The molecular weight excluding hydrogens is 432 g/mol. The Kier molecular flexibility index (Phi) is 6.36. The number of rotatable bonds is 7. The lowest BCUT2D eigenvalue weighted by Gasteiger charge is -2.13. The third kappa shape index (κ3) is 4.88. The van der Waals surface area contributed by atoms with Crippen LogP contribution in [0.1, 0.15) is 25.8 Å². The molecule has 9 heteroatoms. The summed E-state index contributed by atoms with van der Waals surface area (Å²) >= 11 is 0.810. The second kappa shape index (κ2) is 9.35. The highest BCUT2D eigenvalue weighted by molar-refractivity contribution is 8.18. The molecule has 2 heterocycles. The Labute approximate surface area is 189 Å². The van der Waals surface area contributed by atoms with E-state index in [9.17, 15) is 14.4 Å². The number of ether oxygens (including phenoxy) is 3. The Balaban J connectivity index is 1.38. The van der Waals surface area contributed by atoms with Crippen molar-refractivity contribution in [2.24, 2.45) is 0 Å². The Bertz CT molecular complexity index is 1080. The Morgan fingerprint density at radius 3 is 2.69 bits per heavy atom. The van der Waals surface area contributed by atoms with Crippen molar-refractivity contribution < 1.29 is 28.6 Å². The molecule has 0 radical (unpaired) electrons. The van der Waals surface area contributed by atoms with E-state index in [1.54, 1.807) is 24.3 Å². The van der Waals surface area contributed by atoms with Gasteiger partial charge in [-0.25, -0.2) is 0 Å². The van der Waals surface area contributed by atoms with Crippen molar-refractivity contribution in [1.82, 2.24) is 4.90 Å². The summed E-state index contributed by atoms with van der Waals surface area (Å²) in [6, 6.07) is 12.2. The molecule has 1 fully saturated rings. The summed E-state index contributed by atoms with van der Waals surface area (Å²) in [6.45, 7) is 3.79. The minimum Gasteiger partial charge on any atom is -0.491 e. The van der Waals surface area contributed by atoms with Crippen molar-refractivity contribution in [2.75, 3.05) is 18.7 Å². The highest BCUT2D eigenvalue weighted by Gasteiger charge is 2.36. The second-order valence-electron chi connectivity index (χ2n) is 7.29. The summed E-state index contributed by atoms with van der Waals surface area (Å²) < 4.78 is 16.3. The number of thioether (sulfide) groups is 1. The van der Waals surface area contributed by atoms with Gasteiger partial charge in [0.2, 0.25) is 12.7 Å². The number of hydrogen-bond acceptors (Lipinski definition) is 7. The molecule has 0 spiro atoms. The van der Waals surface area contributed by atoms with Crippen LogP contribution in [0.2, 0.25) is 0 Å². The van der Waals surface area contributed by atoms with E-state index in [4.69, 9.17) is 14.2 Å². The Morgan fingerprint density at radius 2 is 1.94 bits per heavy atom. The van der Waals surface area contributed by atoms with E-state index < -0.39 is 17.1 Å². The normalized spacial score (nSPS) is 17.1. The van der Waals surface area contributed by atoms with Gasteiger partial charge in [0.25, 0.3) is 11.1 Å². The smallest absolute Gasteiger partial charge is 0.294 e. The molecule has 8 nitrogen and oxygen atoms in total. The molecule has 3 amide bonds. The number of fused-ring (bicyclic) bond motifs is 1. The number of benzene rings is 2. The van der Waals surface area contributed by atoms with Crippen molar-refractivity contribution in [2.45, 2.75) is 26.4 Å². The van der Waals surface area contributed by atoms with Crippen molar-refractivity contribution in [1.29, 1.82) is 0 Å². The summed E-state index contributed by atoms with van der Waals surface area (Å²) in [7, 11) is 0. The zero-order chi connectivity index (χ0) is 22.7. The van der Waals surface area contributed by atoms with E-state index in [0.29, 0.717) is 17.2 Å². The van der Waals surface area contributed by atoms with Crippen LogP contribution in [0.3, 0.4) is 0 Å². The van der Waals surface area contributed by atoms with Gasteiger partial charge in [0.15, 0.2) is 11.5 Å². The zero-order valence-corrected chi connectivity index (χ0v) is 18.4. The fraction of sp³-hybridized carbons (Fsp3) is 0.261. The molecule has 0 aromatic heterocycles. The third-order valence-electron chi connectivity index (χ3n) is 4.92. The van der Waals surface area contributed by atoms with Crippen LogP contribution in [-0.2, 0) is 9.59 Å². The van der Waals surface area contributed by atoms with Gasteiger partial charge in [0.1, 0.15) is 12.3 Å². The minimum atomic E-state index is -0.499. The summed E-state index contributed by atoms with van der Waals surface area (Å²) in [5, 5.41) is 2.18. The fourth-order valence-electron chi connectivity index (χ4n) is 3.06. The van der Waals surface area contributed by atoms with Gasteiger partial charge in [0, 0.05) is 11.8 Å². The lowest BCUT2D eigenvalue weighted by atomic mass is 10.2. The van der Waals surface area contributed by atoms with E-state index in [2.05, 4.69) is 5.32 Å². The van der Waals surface area contributed by atoms with Gasteiger partial charge in [-0.05, 0) is 61.0 Å². The average molecular weight is 455 g/mol. The number of anilines is 1. The molecule has 0 saturated carbocycles. The van der Waals surface area contributed by atoms with Crippen molar-refractivity contribution in [3.8, 4) is 17.2 Å². The predicted octanol–water partition coefficient (Wildman–Crippen LogP) is 4.27. The number of carbonyl (C=O) groups excluding carboxylic acids is 3. The number of carbonyl (C=O) groups is 3. The van der Waals surface area contributed by atoms with Gasteiger partial charge in [-0.1, -0.05) is 19.1 Å². The largest absolute Gasteiger partial charge is 0.491 e. The summed E-state index contributed by atoms with van der Waals surface area (Å²) in [6.07, 6.45) is 2.64. The zero-order valence-electron chi connectivity index (χ0n) is 17.6. The topological polar surface area (TPSA) is 94.2 Å². The molecule has 1 saturated heterocycles. The summed E-state index contributed by atoms with van der Waals surface area (Å²) in [4.78, 5) is 38.6. The number of imide groups is 1. The van der Waals surface area contributed by atoms with Crippen LogP contribution >= 0.6 is 11.8 Å². The van der Waals surface area contributed by atoms with Crippen molar-refractivity contribution in [3.05, 3.63) is 52.9 Å². The Morgan fingerprint density at radius 1 is 1.19 bits per heavy atom. The molecule has 166 valence electrons. The summed E-state index contributed by atoms with van der Waals surface area (Å²) in [5.74, 6) is 0.875. The lowest BCUT2D eigenvalue weighted by molar-refractivity contribution is -0.127. The quantitative estimate of drug-likeness (QED) is 0.625. The predicted molar refractivity (Wildman–Crippen MR) is 121 cm³/mol. The van der Waals surface area contributed by atoms with Crippen LogP contribution in [0.15, 0.2) is 47.4 Å².